The zero-order valence-corrected chi connectivity index (χ0v) is 12.8. The number of rotatable bonds is 1. The summed E-state index contributed by atoms with van der Waals surface area (Å²) < 4.78 is 5.67. The third-order valence-corrected chi connectivity index (χ3v) is 5.10. The molecule has 2 aromatic rings. The molecular formula is C17H19ClN2O. The van der Waals surface area contributed by atoms with Crippen LogP contribution in [0.25, 0.3) is 10.9 Å². The van der Waals surface area contributed by atoms with Gasteiger partial charge in [0.1, 0.15) is 0 Å². The number of pyridine rings is 1. The van der Waals surface area contributed by atoms with E-state index in [-0.39, 0.29) is 0 Å². The molecule has 0 saturated carbocycles. The fourth-order valence-corrected chi connectivity index (χ4v) is 3.93. The third kappa shape index (κ3) is 2.39. The van der Waals surface area contributed by atoms with Crippen molar-refractivity contribution in [3.05, 3.63) is 35.5 Å². The first-order valence-corrected chi connectivity index (χ1v) is 8.01. The van der Waals surface area contributed by atoms with Crippen molar-refractivity contribution in [2.75, 3.05) is 31.2 Å². The standard InChI is InChI=1S/C17H19ClN2O/c18-13-2-3-14-15(10-13)19-7-4-16(14)20-8-1-5-17(11-20)6-9-21-12-17/h2-4,7,10H,1,5-6,8-9,11-12H2/t17-/m1/s1. The molecule has 2 aliphatic rings. The number of nitrogens with zero attached hydrogens (tertiary/aromatic N) is 2. The fourth-order valence-electron chi connectivity index (χ4n) is 3.77. The van der Waals surface area contributed by atoms with Crippen LogP contribution >= 0.6 is 11.6 Å². The highest BCUT2D eigenvalue weighted by Gasteiger charge is 2.39. The molecule has 4 heteroatoms. The summed E-state index contributed by atoms with van der Waals surface area (Å²) in [6, 6.07) is 8.11. The quantitative estimate of drug-likeness (QED) is 0.799. The van der Waals surface area contributed by atoms with Gasteiger partial charge in [-0.1, -0.05) is 11.6 Å². The molecule has 1 spiro atoms. The van der Waals surface area contributed by atoms with Gasteiger partial charge in [-0.3, -0.25) is 4.98 Å². The van der Waals surface area contributed by atoms with Crippen LogP contribution in [0.15, 0.2) is 30.5 Å². The van der Waals surface area contributed by atoms with Gasteiger partial charge in [0.25, 0.3) is 0 Å². The van der Waals surface area contributed by atoms with Gasteiger partial charge in [-0.05, 0) is 43.5 Å². The van der Waals surface area contributed by atoms with E-state index in [4.69, 9.17) is 16.3 Å². The van der Waals surface area contributed by atoms with Crippen LogP contribution in [0.4, 0.5) is 5.69 Å². The predicted octanol–water partition coefficient (Wildman–Crippen LogP) is 3.90. The van der Waals surface area contributed by atoms with E-state index in [9.17, 15) is 0 Å². The number of aromatic nitrogens is 1. The molecule has 2 fully saturated rings. The lowest BCUT2D eigenvalue weighted by atomic mass is 9.79. The smallest absolute Gasteiger partial charge is 0.0737 e. The first kappa shape index (κ1) is 13.4. The van der Waals surface area contributed by atoms with Gasteiger partial charge in [-0.15, -0.1) is 0 Å². The molecule has 0 unspecified atom stereocenters. The molecule has 4 rings (SSSR count). The van der Waals surface area contributed by atoms with Gasteiger partial charge >= 0.3 is 0 Å². The Morgan fingerprint density at radius 2 is 2.19 bits per heavy atom. The highest BCUT2D eigenvalue weighted by atomic mass is 35.5. The molecule has 1 aromatic heterocycles. The van der Waals surface area contributed by atoms with Gasteiger partial charge in [-0.2, -0.15) is 0 Å². The van der Waals surface area contributed by atoms with Gasteiger partial charge < -0.3 is 9.64 Å². The first-order chi connectivity index (χ1) is 10.3. The summed E-state index contributed by atoms with van der Waals surface area (Å²) in [5.74, 6) is 0. The minimum absolute atomic E-state index is 0.361. The van der Waals surface area contributed by atoms with Crippen molar-refractivity contribution in [3.8, 4) is 0 Å². The number of piperidine rings is 1. The van der Waals surface area contributed by atoms with E-state index in [1.165, 1.54) is 30.3 Å². The Morgan fingerprint density at radius 3 is 3.05 bits per heavy atom. The van der Waals surface area contributed by atoms with Crippen molar-refractivity contribution in [3.63, 3.8) is 0 Å². The van der Waals surface area contributed by atoms with E-state index in [1.807, 2.05) is 18.3 Å². The molecule has 0 bridgehead atoms. The zero-order chi connectivity index (χ0) is 14.3. The average Bonchev–Trinajstić information content (AvgIpc) is 2.94. The minimum Gasteiger partial charge on any atom is -0.381 e. The molecule has 3 heterocycles. The van der Waals surface area contributed by atoms with Crippen LogP contribution in [0.2, 0.25) is 5.02 Å². The second kappa shape index (κ2) is 5.15. The van der Waals surface area contributed by atoms with E-state index >= 15 is 0 Å². The maximum atomic E-state index is 6.09. The van der Waals surface area contributed by atoms with Crippen molar-refractivity contribution < 1.29 is 4.74 Å². The van der Waals surface area contributed by atoms with Crippen LogP contribution in [-0.2, 0) is 4.74 Å². The van der Waals surface area contributed by atoms with Gasteiger partial charge in [0, 0.05) is 47.4 Å². The van der Waals surface area contributed by atoms with Crippen LogP contribution in [0, 0.1) is 5.41 Å². The second-order valence-electron chi connectivity index (χ2n) is 6.32. The Morgan fingerprint density at radius 1 is 1.24 bits per heavy atom. The van der Waals surface area contributed by atoms with E-state index in [2.05, 4.69) is 22.0 Å². The number of anilines is 1. The maximum absolute atomic E-state index is 6.09. The Kier molecular flexibility index (Phi) is 3.27. The van der Waals surface area contributed by atoms with Gasteiger partial charge in [-0.25, -0.2) is 0 Å². The molecule has 21 heavy (non-hydrogen) atoms. The lowest BCUT2D eigenvalue weighted by molar-refractivity contribution is 0.139. The number of hydrogen-bond acceptors (Lipinski definition) is 3. The van der Waals surface area contributed by atoms with Crippen LogP contribution < -0.4 is 4.90 Å². The number of ether oxygens (including phenoxy) is 1. The molecular weight excluding hydrogens is 284 g/mol. The molecule has 1 aromatic carbocycles. The van der Waals surface area contributed by atoms with Crippen LogP contribution in [0.1, 0.15) is 19.3 Å². The Bertz CT molecular complexity index is 667. The normalized spacial score (nSPS) is 25.9. The molecule has 0 aliphatic carbocycles. The van der Waals surface area contributed by atoms with Crippen molar-refractivity contribution in [1.82, 2.24) is 4.98 Å². The van der Waals surface area contributed by atoms with E-state index < -0.39 is 0 Å². The topological polar surface area (TPSA) is 25.4 Å². The predicted molar refractivity (Wildman–Crippen MR) is 86.1 cm³/mol. The van der Waals surface area contributed by atoms with Gasteiger partial charge in [0.05, 0.1) is 12.1 Å². The average molecular weight is 303 g/mol. The van der Waals surface area contributed by atoms with Crippen molar-refractivity contribution in [2.24, 2.45) is 5.41 Å². The zero-order valence-electron chi connectivity index (χ0n) is 12.0. The fraction of sp³-hybridized carbons (Fsp3) is 0.471. The van der Waals surface area contributed by atoms with Gasteiger partial charge in [0.15, 0.2) is 0 Å². The molecule has 0 radical (unpaired) electrons. The Hall–Kier alpha value is -1.32. The van der Waals surface area contributed by atoms with E-state index in [0.717, 1.165) is 36.8 Å². The van der Waals surface area contributed by atoms with Crippen LogP contribution in [0.3, 0.4) is 0 Å². The van der Waals surface area contributed by atoms with Gasteiger partial charge in [0.2, 0.25) is 0 Å². The van der Waals surface area contributed by atoms with Crippen molar-refractivity contribution in [2.45, 2.75) is 19.3 Å². The Balaban J connectivity index is 1.72. The summed E-state index contributed by atoms with van der Waals surface area (Å²) in [6.07, 6.45) is 5.61. The molecule has 3 nitrogen and oxygen atoms in total. The largest absolute Gasteiger partial charge is 0.381 e. The van der Waals surface area contributed by atoms with Crippen molar-refractivity contribution in [1.29, 1.82) is 0 Å². The minimum atomic E-state index is 0.361. The van der Waals surface area contributed by atoms with Crippen LogP contribution in [0.5, 0.6) is 0 Å². The van der Waals surface area contributed by atoms with E-state index in [0.29, 0.717) is 5.41 Å². The molecule has 0 N–H and O–H groups in total. The highest BCUT2D eigenvalue weighted by Crippen LogP contribution is 2.40. The third-order valence-electron chi connectivity index (χ3n) is 4.87. The number of hydrogen-bond donors (Lipinski definition) is 0. The summed E-state index contributed by atoms with van der Waals surface area (Å²) in [4.78, 5) is 6.96. The SMILES string of the molecule is Clc1ccc2c(N3CCC[C@@]4(CCOC4)C3)ccnc2c1. The lowest BCUT2D eigenvalue weighted by Gasteiger charge is -2.41. The van der Waals surface area contributed by atoms with Crippen molar-refractivity contribution >= 4 is 28.2 Å². The molecule has 2 saturated heterocycles. The molecule has 110 valence electrons. The molecule has 1 atom stereocenters. The summed E-state index contributed by atoms with van der Waals surface area (Å²) in [5.41, 5.74) is 2.62. The monoisotopic (exact) mass is 302 g/mol. The summed E-state index contributed by atoms with van der Waals surface area (Å²) in [6.45, 7) is 4.04. The number of fused-ring (bicyclic) bond motifs is 1. The van der Waals surface area contributed by atoms with E-state index in [1.54, 1.807) is 0 Å². The Labute approximate surface area is 129 Å². The van der Waals surface area contributed by atoms with Crippen LogP contribution in [-0.4, -0.2) is 31.3 Å². The highest BCUT2D eigenvalue weighted by molar-refractivity contribution is 6.31. The number of halogens is 1. The summed E-state index contributed by atoms with van der Waals surface area (Å²) in [7, 11) is 0. The second-order valence-corrected chi connectivity index (χ2v) is 6.76. The lowest BCUT2D eigenvalue weighted by Crippen LogP contribution is -2.43. The first-order valence-electron chi connectivity index (χ1n) is 7.63. The molecule has 2 aliphatic heterocycles. The number of benzene rings is 1. The maximum Gasteiger partial charge on any atom is 0.0737 e. The summed E-state index contributed by atoms with van der Waals surface area (Å²) >= 11 is 6.09. The molecule has 0 amide bonds. The summed E-state index contributed by atoms with van der Waals surface area (Å²) in [5, 5.41) is 1.93.